The summed E-state index contributed by atoms with van der Waals surface area (Å²) in [5.41, 5.74) is 0.415. The Kier molecular flexibility index (Phi) is 5.45. The molecule has 0 aromatic heterocycles. The predicted octanol–water partition coefficient (Wildman–Crippen LogP) is 1.35. The van der Waals surface area contributed by atoms with Gasteiger partial charge in [-0.2, -0.15) is 0 Å². The van der Waals surface area contributed by atoms with E-state index in [9.17, 15) is 17.6 Å². The summed E-state index contributed by atoms with van der Waals surface area (Å²) in [6, 6.07) is 3.48. The number of rotatable bonds is 5. The molecule has 1 atom stereocenters. The lowest BCUT2D eigenvalue weighted by Crippen LogP contribution is -2.34. The third-order valence-corrected chi connectivity index (χ3v) is 4.61. The fourth-order valence-corrected chi connectivity index (χ4v) is 3.20. The first-order valence-corrected chi connectivity index (χ1v) is 7.65. The first kappa shape index (κ1) is 16.1. The minimum Gasteiger partial charge on any atom is -0.468 e. The van der Waals surface area contributed by atoms with Crippen LogP contribution in [0.4, 0.5) is 4.39 Å². The highest BCUT2D eigenvalue weighted by atomic mass is 79.9. The molecular formula is C11H13BrFNO4S. The lowest BCUT2D eigenvalue weighted by Gasteiger charge is -2.11. The fourth-order valence-electron chi connectivity index (χ4n) is 1.34. The summed E-state index contributed by atoms with van der Waals surface area (Å²) < 4.78 is 43.7. The Labute approximate surface area is 119 Å². The summed E-state index contributed by atoms with van der Waals surface area (Å²) in [6.45, 7) is 1.37. The average Bonchev–Trinajstić information content (AvgIpc) is 2.37. The van der Waals surface area contributed by atoms with Gasteiger partial charge in [-0.05, 0) is 24.6 Å². The molecule has 0 aliphatic heterocycles. The molecular weight excluding hydrogens is 341 g/mol. The lowest BCUT2D eigenvalue weighted by molar-refractivity contribution is -0.139. The number of ether oxygens (including phenoxy) is 1. The van der Waals surface area contributed by atoms with Gasteiger partial charge in [-0.15, -0.1) is 0 Å². The van der Waals surface area contributed by atoms with E-state index in [2.05, 4.69) is 25.4 Å². The van der Waals surface area contributed by atoms with Crippen LogP contribution >= 0.6 is 15.9 Å². The summed E-state index contributed by atoms with van der Waals surface area (Å²) in [5.74, 6) is -1.24. The van der Waals surface area contributed by atoms with Crippen LogP contribution in [0, 0.1) is 12.7 Å². The SMILES string of the molecule is COC(=O)C(Br)CNS(=O)(=O)c1cc(F)ccc1C. The van der Waals surface area contributed by atoms with Crippen molar-refractivity contribution in [1.29, 1.82) is 0 Å². The van der Waals surface area contributed by atoms with Crippen LogP contribution in [0.5, 0.6) is 0 Å². The smallest absolute Gasteiger partial charge is 0.320 e. The second kappa shape index (κ2) is 6.44. The van der Waals surface area contributed by atoms with Gasteiger partial charge in [-0.25, -0.2) is 17.5 Å². The van der Waals surface area contributed by atoms with Gasteiger partial charge in [0.25, 0.3) is 0 Å². The van der Waals surface area contributed by atoms with Gasteiger partial charge in [-0.3, -0.25) is 4.79 Å². The highest BCUT2D eigenvalue weighted by molar-refractivity contribution is 9.10. The van der Waals surface area contributed by atoms with Crippen LogP contribution in [0.3, 0.4) is 0 Å². The van der Waals surface area contributed by atoms with Crippen molar-refractivity contribution in [1.82, 2.24) is 4.72 Å². The topological polar surface area (TPSA) is 72.5 Å². The monoisotopic (exact) mass is 353 g/mol. The first-order chi connectivity index (χ1) is 8.77. The van der Waals surface area contributed by atoms with Gasteiger partial charge < -0.3 is 4.74 Å². The number of sulfonamides is 1. The van der Waals surface area contributed by atoms with E-state index in [4.69, 9.17) is 0 Å². The summed E-state index contributed by atoms with van der Waals surface area (Å²) in [4.78, 5) is 10.2. The van der Waals surface area contributed by atoms with E-state index in [-0.39, 0.29) is 11.4 Å². The van der Waals surface area contributed by atoms with E-state index in [1.165, 1.54) is 19.2 Å². The summed E-state index contributed by atoms with van der Waals surface area (Å²) in [5, 5.41) is 0. The molecule has 0 amide bonds. The van der Waals surface area contributed by atoms with Gasteiger partial charge in [-0.1, -0.05) is 22.0 Å². The molecule has 1 aromatic rings. The minimum absolute atomic E-state index is 0.155. The highest BCUT2D eigenvalue weighted by Crippen LogP contribution is 2.16. The van der Waals surface area contributed by atoms with E-state index < -0.39 is 26.6 Å². The Morgan fingerprint density at radius 1 is 1.53 bits per heavy atom. The van der Waals surface area contributed by atoms with Crippen molar-refractivity contribution in [3.8, 4) is 0 Å². The molecule has 19 heavy (non-hydrogen) atoms. The quantitative estimate of drug-likeness (QED) is 0.640. The lowest BCUT2D eigenvalue weighted by atomic mass is 10.2. The zero-order valence-corrected chi connectivity index (χ0v) is 12.7. The minimum atomic E-state index is -3.88. The zero-order chi connectivity index (χ0) is 14.6. The molecule has 106 valence electrons. The average molecular weight is 354 g/mol. The summed E-state index contributed by atoms with van der Waals surface area (Å²) in [6.07, 6.45) is 0. The van der Waals surface area contributed by atoms with E-state index in [1.54, 1.807) is 6.92 Å². The van der Waals surface area contributed by atoms with Crippen LogP contribution in [-0.2, 0) is 19.6 Å². The normalized spacial score (nSPS) is 13.1. The number of methoxy groups -OCH3 is 1. The van der Waals surface area contributed by atoms with Crippen molar-refractivity contribution in [3.63, 3.8) is 0 Å². The van der Waals surface area contributed by atoms with Crippen LogP contribution in [0.25, 0.3) is 0 Å². The molecule has 0 saturated carbocycles. The second-order valence-electron chi connectivity index (χ2n) is 3.75. The van der Waals surface area contributed by atoms with E-state index >= 15 is 0 Å². The molecule has 0 saturated heterocycles. The molecule has 1 N–H and O–H groups in total. The van der Waals surface area contributed by atoms with Crippen molar-refractivity contribution in [2.24, 2.45) is 0 Å². The van der Waals surface area contributed by atoms with Crippen LogP contribution in [-0.4, -0.2) is 32.9 Å². The van der Waals surface area contributed by atoms with Crippen molar-refractivity contribution >= 4 is 31.9 Å². The number of halogens is 2. The van der Waals surface area contributed by atoms with E-state index in [1.807, 2.05) is 0 Å². The van der Waals surface area contributed by atoms with E-state index in [0.717, 1.165) is 6.07 Å². The Bertz CT molecular complexity index is 576. The van der Waals surface area contributed by atoms with Crippen molar-refractivity contribution < 1.29 is 22.3 Å². The summed E-state index contributed by atoms with van der Waals surface area (Å²) >= 11 is 2.99. The number of hydrogen-bond donors (Lipinski definition) is 1. The van der Waals surface area contributed by atoms with Crippen molar-refractivity contribution in [2.45, 2.75) is 16.6 Å². The maximum absolute atomic E-state index is 13.1. The van der Waals surface area contributed by atoms with Crippen molar-refractivity contribution in [3.05, 3.63) is 29.6 Å². The number of esters is 1. The molecule has 0 radical (unpaired) electrons. The third-order valence-electron chi connectivity index (χ3n) is 2.35. The second-order valence-corrected chi connectivity index (χ2v) is 6.59. The van der Waals surface area contributed by atoms with Gasteiger partial charge >= 0.3 is 5.97 Å². The van der Waals surface area contributed by atoms with Gasteiger partial charge in [0.1, 0.15) is 10.6 Å². The molecule has 5 nitrogen and oxygen atoms in total. The molecule has 1 unspecified atom stereocenters. The molecule has 0 bridgehead atoms. The molecule has 0 aliphatic carbocycles. The Balaban J connectivity index is 2.87. The number of carbonyl (C=O) groups is 1. The fraction of sp³-hybridized carbons (Fsp3) is 0.364. The summed E-state index contributed by atoms with van der Waals surface area (Å²) in [7, 11) is -2.68. The molecule has 0 spiro atoms. The number of hydrogen-bond acceptors (Lipinski definition) is 4. The largest absolute Gasteiger partial charge is 0.468 e. The van der Waals surface area contributed by atoms with Crippen LogP contribution in [0.15, 0.2) is 23.1 Å². The Hall–Kier alpha value is -0.990. The number of nitrogens with one attached hydrogen (secondary N) is 1. The maximum atomic E-state index is 13.1. The number of benzene rings is 1. The van der Waals surface area contributed by atoms with Crippen LogP contribution < -0.4 is 4.72 Å². The predicted molar refractivity (Wildman–Crippen MR) is 71.1 cm³/mol. The van der Waals surface area contributed by atoms with Crippen LogP contribution in [0.1, 0.15) is 5.56 Å². The zero-order valence-electron chi connectivity index (χ0n) is 10.3. The molecule has 1 rings (SSSR count). The molecule has 1 aromatic carbocycles. The molecule has 0 heterocycles. The molecule has 0 fully saturated rings. The van der Waals surface area contributed by atoms with E-state index in [0.29, 0.717) is 5.56 Å². The van der Waals surface area contributed by atoms with Gasteiger partial charge in [0.15, 0.2) is 0 Å². The molecule has 0 aliphatic rings. The van der Waals surface area contributed by atoms with Crippen LogP contribution in [0.2, 0.25) is 0 Å². The number of aryl methyl sites for hydroxylation is 1. The van der Waals surface area contributed by atoms with Gasteiger partial charge in [0, 0.05) is 6.54 Å². The first-order valence-electron chi connectivity index (χ1n) is 5.25. The highest BCUT2D eigenvalue weighted by Gasteiger charge is 2.22. The number of alkyl halides is 1. The Morgan fingerprint density at radius 3 is 2.74 bits per heavy atom. The van der Waals surface area contributed by atoms with Gasteiger partial charge in [0.05, 0.1) is 12.0 Å². The standard InChI is InChI=1S/C11H13BrFNO4S/c1-7-3-4-8(13)5-10(7)19(16,17)14-6-9(12)11(15)18-2/h3-5,9,14H,6H2,1-2H3. The third kappa shape index (κ3) is 4.26. The number of carbonyl (C=O) groups excluding carboxylic acids is 1. The Morgan fingerprint density at radius 2 is 2.16 bits per heavy atom. The van der Waals surface area contributed by atoms with Gasteiger partial charge in [0.2, 0.25) is 10.0 Å². The van der Waals surface area contributed by atoms with Crippen molar-refractivity contribution in [2.75, 3.05) is 13.7 Å². The maximum Gasteiger partial charge on any atom is 0.320 e. The molecule has 8 heteroatoms.